The molecule has 0 bridgehead atoms. The van der Waals surface area contributed by atoms with Crippen molar-refractivity contribution in [1.82, 2.24) is 14.9 Å². The maximum absolute atomic E-state index is 13.3. The second-order valence-electron chi connectivity index (χ2n) is 8.57. The van der Waals surface area contributed by atoms with E-state index in [0.717, 1.165) is 9.69 Å². The van der Waals surface area contributed by atoms with Crippen molar-refractivity contribution in [2.24, 2.45) is 0 Å². The highest BCUT2D eigenvalue weighted by Gasteiger charge is 2.42. The highest BCUT2D eigenvalue weighted by atomic mass is 35.5. The predicted molar refractivity (Wildman–Crippen MR) is 136 cm³/mol. The summed E-state index contributed by atoms with van der Waals surface area (Å²) in [4.78, 5) is 36.8. The van der Waals surface area contributed by atoms with Gasteiger partial charge in [0.05, 0.1) is 11.9 Å². The Morgan fingerprint density at radius 2 is 2.08 bits per heavy atom. The molecule has 1 saturated heterocycles. The van der Waals surface area contributed by atoms with Gasteiger partial charge in [0.15, 0.2) is 0 Å². The Morgan fingerprint density at radius 3 is 2.69 bits per heavy atom. The van der Waals surface area contributed by atoms with Gasteiger partial charge in [0.25, 0.3) is 0 Å². The zero-order valence-corrected chi connectivity index (χ0v) is 21.1. The molecule has 1 aliphatic heterocycles. The minimum absolute atomic E-state index is 0.0651. The molecule has 1 unspecified atom stereocenters. The lowest BCUT2D eigenvalue weighted by Gasteiger charge is -2.32. The standard InChI is InChI=1S/C23H25ClN6O5S/c1-28(2)20-4-3-15(12-27-20)30(36(34)35)18-6-8-29(22(18)31)19(23(32)33)10-14-9-13-5-7-26-21(25)16(13)11-17(14)24/h3-5,7,9,11-12,18-19H,6,8,10H2,1-2H3,(H2,25,26)(H,32,33)(H,34,35)/p-1/t18-,19+/m0/s1. The van der Waals surface area contributed by atoms with Crippen molar-refractivity contribution in [2.75, 3.05) is 35.6 Å². The number of carbonyl (C=O) groups excluding carboxylic acids is 1. The van der Waals surface area contributed by atoms with Gasteiger partial charge in [-0.05, 0) is 47.7 Å². The molecule has 1 amide bonds. The summed E-state index contributed by atoms with van der Waals surface area (Å²) in [6, 6.07) is 5.93. The molecule has 0 spiro atoms. The maximum atomic E-state index is 13.3. The first-order chi connectivity index (χ1) is 17.1. The van der Waals surface area contributed by atoms with Gasteiger partial charge in [-0.15, -0.1) is 0 Å². The lowest BCUT2D eigenvalue weighted by molar-refractivity contribution is -0.148. The molecule has 0 aliphatic carbocycles. The topological polar surface area (TPSA) is 156 Å². The minimum atomic E-state index is -2.78. The van der Waals surface area contributed by atoms with Gasteiger partial charge in [0, 0.05) is 54.9 Å². The van der Waals surface area contributed by atoms with Crippen molar-refractivity contribution in [2.45, 2.75) is 24.9 Å². The van der Waals surface area contributed by atoms with Crippen LogP contribution in [0, 0.1) is 0 Å². The van der Waals surface area contributed by atoms with Crippen LogP contribution in [0.5, 0.6) is 0 Å². The number of aromatic nitrogens is 2. The third kappa shape index (κ3) is 4.92. The number of pyridine rings is 2. The lowest BCUT2D eigenvalue weighted by atomic mass is 10.0. The third-order valence-electron chi connectivity index (χ3n) is 6.14. The van der Waals surface area contributed by atoms with Crippen molar-refractivity contribution >= 4 is 62.8 Å². The van der Waals surface area contributed by atoms with Crippen molar-refractivity contribution in [3.63, 3.8) is 0 Å². The molecule has 3 atom stereocenters. The van der Waals surface area contributed by atoms with Crippen LogP contribution >= 0.6 is 11.6 Å². The second-order valence-corrected chi connectivity index (χ2v) is 9.80. The predicted octanol–water partition coefficient (Wildman–Crippen LogP) is 1.83. The Kier molecular flexibility index (Phi) is 7.29. The Bertz CT molecular complexity index is 1340. The molecule has 4 rings (SSSR count). The summed E-state index contributed by atoms with van der Waals surface area (Å²) in [7, 11) is 3.59. The summed E-state index contributed by atoms with van der Waals surface area (Å²) in [5.41, 5.74) is 6.64. The van der Waals surface area contributed by atoms with Gasteiger partial charge in [0.2, 0.25) is 5.91 Å². The van der Waals surface area contributed by atoms with E-state index < -0.39 is 35.2 Å². The number of halogens is 1. The first kappa shape index (κ1) is 25.6. The Hall–Kier alpha value is -3.48. The van der Waals surface area contributed by atoms with Gasteiger partial charge in [-0.25, -0.2) is 14.8 Å². The number of carboxylic acid groups (broad SMARTS) is 1. The number of carboxylic acids is 1. The summed E-state index contributed by atoms with van der Waals surface area (Å²) < 4.78 is 25.2. The summed E-state index contributed by atoms with van der Waals surface area (Å²) in [6.45, 7) is 0.0689. The average Bonchev–Trinajstić information content (AvgIpc) is 3.19. The van der Waals surface area contributed by atoms with Crippen LogP contribution in [0.4, 0.5) is 17.3 Å². The van der Waals surface area contributed by atoms with Crippen LogP contribution in [0.15, 0.2) is 42.7 Å². The molecule has 3 heterocycles. The summed E-state index contributed by atoms with van der Waals surface area (Å²) >= 11 is 3.64. The smallest absolute Gasteiger partial charge is 0.326 e. The number of nitrogens with zero attached hydrogens (tertiary/aromatic N) is 5. The number of rotatable bonds is 8. The summed E-state index contributed by atoms with van der Waals surface area (Å²) in [6.07, 6.45) is 2.96. The van der Waals surface area contributed by atoms with Crippen LogP contribution in [0.3, 0.4) is 0 Å². The van der Waals surface area contributed by atoms with Gasteiger partial charge in [-0.3, -0.25) is 13.3 Å². The van der Waals surface area contributed by atoms with Gasteiger partial charge < -0.3 is 25.2 Å². The molecule has 1 aromatic carbocycles. The van der Waals surface area contributed by atoms with Crippen molar-refractivity contribution in [1.29, 1.82) is 0 Å². The van der Waals surface area contributed by atoms with Crippen LogP contribution in [0.25, 0.3) is 10.8 Å². The van der Waals surface area contributed by atoms with E-state index in [4.69, 9.17) is 17.3 Å². The van der Waals surface area contributed by atoms with E-state index in [1.165, 1.54) is 17.3 Å². The first-order valence-corrected chi connectivity index (χ1v) is 12.4. The number of nitrogens with two attached hydrogens (primary N) is 1. The maximum Gasteiger partial charge on any atom is 0.326 e. The molecule has 1 fully saturated rings. The fourth-order valence-corrected chi connectivity index (χ4v) is 5.24. The number of anilines is 3. The molecule has 0 radical (unpaired) electrons. The zero-order valence-electron chi connectivity index (χ0n) is 19.5. The quantitative estimate of drug-likeness (QED) is 0.414. The number of likely N-dealkylation sites (tertiary alicyclic amines) is 1. The molecule has 1 aliphatic rings. The van der Waals surface area contributed by atoms with Crippen molar-refractivity contribution < 1.29 is 23.5 Å². The molecule has 3 aromatic rings. The number of amides is 1. The summed E-state index contributed by atoms with van der Waals surface area (Å²) in [5.74, 6) is -0.910. The third-order valence-corrected chi connectivity index (χ3v) is 7.28. The molecule has 3 N–H and O–H groups in total. The van der Waals surface area contributed by atoms with E-state index in [2.05, 4.69) is 9.97 Å². The molecular weight excluding hydrogens is 508 g/mol. The first-order valence-electron chi connectivity index (χ1n) is 11.0. The van der Waals surface area contributed by atoms with Crippen molar-refractivity contribution in [3.05, 3.63) is 53.3 Å². The fraction of sp³-hybridized carbons (Fsp3) is 0.304. The number of aliphatic carboxylic acids is 1. The normalized spacial score (nSPS) is 17.3. The zero-order chi connectivity index (χ0) is 26.1. The molecule has 0 saturated carbocycles. The van der Waals surface area contributed by atoms with Crippen LogP contribution in [0.1, 0.15) is 12.0 Å². The average molecular weight is 532 g/mol. The van der Waals surface area contributed by atoms with Crippen LogP contribution in [0.2, 0.25) is 5.02 Å². The SMILES string of the molecule is CN(C)c1ccc(N([C@H]2CCN([C@H](Cc3cc4ccnc(N)c4cc3Cl)C(=O)O)C2=O)S(=O)[O-])cn1. The van der Waals surface area contributed by atoms with Gasteiger partial charge in [-0.1, -0.05) is 11.6 Å². The number of hydrogen-bond acceptors (Lipinski definition) is 8. The highest BCUT2D eigenvalue weighted by molar-refractivity contribution is 7.80. The molecule has 36 heavy (non-hydrogen) atoms. The number of hydrogen-bond donors (Lipinski definition) is 2. The van der Waals surface area contributed by atoms with E-state index in [9.17, 15) is 23.5 Å². The molecule has 13 heteroatoms. The van der Waals surface area contributed by atoms with Crippen LogP contribution in [-0.4, -0.2) is 73.3 Å². The van der Waals surface area contributed by atoms with Crippen LogP contribution < -0.4 is 14.9 Å². The van der Waals surface area contributed by atoms with Gasteiger partial charge in [0.1, 0.15) is 23.7 Å². The number of nitrogen functional groups attached to an aromatic ring is 1. The van der Waals surface area contributed by atoms with Gasteiger partial charge in [-0.2, -0.15) is 0 Å². The minimum Gasteiger partial charge on any atom is -0.755 e. The van der Waals surface area contributed by atoms with Crippen LogP contribution in [-0.2, 0) is 27.3 Å². The Morgan fingerprint density at radius 1 is 1.33 bits per heavy atom. The number of fused-ring (bicyclic) bond motifs is 1. The van der Waals surface area contributed by atoms with E-state index >= 15 is 0 Å². The molecule has 190 valence electrons. The highest BCUT2D eigenvalue weighted by Crippen LogP contribution is 2.31. The number of benzene rings is 1. The van der Waals surface area contributed by atoms with E-state index in [1.54, 1.807) is 49.3 Å². The Labute approximate surface area is 214 Å². The lowest BCUT2D eigenvalue weighted by Crippen LogP contribution is -2.48. The largest absolute Gasteiger partial charge is 0.755 e. The Balaban J connectivity index is 1.61. The van der Waals surface area contributed by atoms with E-state index in [0.29, 0.717) is 27.6 Å². The van der Waals surface area contributed by atoms with Gasteiger partial charge >= 0.3 is 5.97 Å². The second kappa shape index (κ2) is 10.2. The van der Waals surface area contributed by atoms with E-state index in [-0.39, 0.29) is 25.1 Å². The fourth-order valence-electron chi connectivity index (χ4n) is 4.32. The number of carbonyl (C=O) groups is 2. The molecule has 2 aromatic heterocycles. The molecular formula is C23H24ClN6O5S-. The van der Waals surface area contributed by atoms with Crippen molar-refractivity contribution in [3.8, 4) is 0 Å². The summed E-state index contributed by atoms with van der Waals surface area (Å²) in [5, 5.41) is 11.6. The van der Waals surface area contributed by atoms with E-state index in [1.807, 2.05) is 0 Å². The molecule has 11 nitrogen and oxygen atoms in total. The monoisotopic (exact) mass is 531 g/mol.